The first kappa shape index (κ1) is 19.3. The molecular weight excluding hydrogens is 358 g/mol. The van der Waals surface area contributed by atoms with Crippen LogP contribution in [0.3, 0.4) is 0 Å². The summed E-state index contributed by atoms with van der Waals surface area (Å²) in [6.45, 7) is 0. The average Bonchev–Trinajstić information content (AvgIpc) is 3.21. The van der Waals surface area contributed by atoms with E-state index >= 15 is 0 Å². The number of hydrogen-bond donors (Lipinski definition) is 0. The largest absolute Gasteiger partial charge is 0.493 e. The van der Waals surface area contributed by atoms with Gasteiger partial charge in [-0.2, -0.15) is 4.68 Å². The van der Waals surface area contributed by atoms with Gasteiger partial charge in [0.05, 0.1) is 19.9 Å². The van der Waals surface area contributed by atoms with Gasteiger partial charge in [-0.1, -0.05) is 18.2 Å². The van der Waals surface area contributed by atoms with Gasteiger partial charge >= 0.3 is 0 Å². The number of ether oxygens (including phenoxy) is 2. The highest BCUT2D eigenvalue weighted by atomic mass is 16.5. The molecule has 28 heavy (non-hydrogen) atoms. The van der Waals surface area contributed by atoms with Crippen molar-refractivity contribution in [3.05, 3.63) is 54.4 Å². The van der Waals surface area contributed by atoms with Crippen molar-refractivity contribution in [1.29, 1.82) is 0 Å². The SMILES string of the molecule is COc1ccc(N(C)C(=O)CCCc2nnnn2-c2ccccc2)cc1OC. The van der Waals surface area contributed by atoms with Gasteiger partial charge in [0.25, 0.3) is 0 Å². The van der Waals surface area contributed by atoms with Gasteiger partial charge in [0.15, 0.2) is 17.3 Å². The maximum atomic E-state index is 12.6. The highest BCUT2D eigenvalue weighted by Gasteiger charge is 2.15. The minimum atomic E-state index is 0.00551. The number of methoxy groups -OCH3 is 2. The third kappa shape index (κ3) is 4.28. The predicted octanol–water partition coefficient (Wildman–Crippen LogP) is 2.67. The molecule has 1 heterocycles. The lowest BCUT2D eigenvalue weighted by Crippen LogP contribution is -2.26. The minimum absolute atomic E-state index is 0.00551. The molecule has 2 aromatic carbocycles. The Morgan fingerprint density at radius 2 is 1.82 bits per heavy atom. The second-order valence-corrected chi connectivity index (χ2v) is 6.19. The molecule has 0 spiro atoms. The molecule has 3 aromatic rings. The van der Waals surface area contributed by atoms with Crippen LogP contribution in [0.4, 0.5) is 5.69 Å². The molecule has 0 aliphatic carbocycles. The van der Waals surface area contributed by atoms with Crippen LogP contribution in [0.2, 0.25) is 0 Å². The number of hydrogen-bond acceptors (Lipinski definition) is 6. The molecular formula is C20H23N5O3. The van der Waals surface area contributed by atoms with Crippen LogP contribution in [-0.4, -0.2) is 47.4 Å². The summed E-state index contributed by atoms with van der Waals surface area (Å²) in [6.07, 6.45) is 1.63. The van der Waals surface area contributed by atoms with E-state index < -0.39 is 0 Å². The standard InChI is InChI=1S/C20H23N5O3/c1-24(16-12-13-17(27-2)18(14-16)28-3)20(26)11-7-10-19-21-22-23-25(19)15-8-5-4-6-9-15/h4-6,8-9,12-14H,7,10-11H2,1-3H3. The highest BCUT2D eigenvalue weighted by molar-refractivity contribution is 5.93. The van der Waals surface area contributed by atoms with E-state index in [1.807, 2.05) is 36.4 Å². The number of carbonyl (C=O) groups excluding carboxylic acids is 1. The molecule has 0 unspecified atom stereocenters. The van der Waals surface area contributed by atoms with Crippen LogP contribution in [0, 0.1) is 0 Å². The second kappa shape index (κ2) is 8.98. The molecule has 1 amide bonds. The van der Waals surface area contributed by atoms with Crippen LogP contribution in [0.25, 0.3) is 5.69 Å². The van der Waals surface area contributed by atoms with Gasteiger partial charge in [-0.15, -0.1) is 5.10 Å². The topological polar surface area (TPSA) is 82.4 Å². The monoisotopic (exact) mass is 381 g/mol. The summed E-state index contributed by atoms with van der Waals surface area (Å²) in [7, 11) is 4.90. The first-order chi connectivity index (χ1) is 13.6. The Morgan fingerprint density at radius 3 is 2.54 bits per heavy atom. The summed E-state index contributed by atoms with van der Waals surface area (Å²) in [6, 6.07) is 15.1. The van der Waals surface area contributed by atoms with E-state index in [0.29, 0.717) is 30.8 Å². The number of nitrogens with zero attached hydrogens (tertiary/aromatic N) is 5. The van der Waals surface area contributed by atoms with E-state index in [-0.39, 0.29) is 5.91 Å². The fraction of sp³-hybridized carbons (Fsp3) is 0.300. The van der Waals surface area contributed by atoms with Crippen molar-refractivity contribution in [3.63, 3.8) is 0 Å². The minimum Gasteiger partial charge on any atom is -0.493 e. The number of tetrazole rings is 1. The summed E-state index contributed by atoms with van der Waals surface area (Å²) >= 11 is 0. The van der Waals surface area contributed by atoms with E-state index in [4.69, 9.17) is 9.47 Å². The van der Waals surface area contributed by atoms with Crippen molar-refractivity contribution < 1.29 is 14.3 Å². The number of aryl methyl sites for hydroxylation is 1. The van der Waals surface area contributed by atoms with Crippen LogP contribution in [0.5, 0.6) is 11.5 Å². The van der Waals surface area contributed by atoms with Gasteiger partial charge < -0.3 is 14.4 Å². The van der Waals surface area contributed by atoms with E-state index in [0.717, 1.165) is 17.2 Å². The lowest BCUT2D eigenvalue weighted by atomic mass is 10.2. The van der Waals surface area contributed by atoms with Gasteiger partial charge in [-0.3, -0.25) is 4.79 Å². The summed E-state index contributed by atoms with van der Waals surface area (Å²) in [5, 5.41) is 11.9. The molecule has 0 N–H and O–H groups in total. The molecule has 0 aliphatic heterocycles. The number of para-hydroxylation sites is 1. The Bertz CT molecular complexity index is 927. The molecule has 8 heteroatoms. The van der Waals surface area contributed by atoms with Crippen LogP contribution in [0.1, 0.15) is 18.7 Å². The van der Waals surface area contributed by atoms with Gasteiger partial charge in [-0.05, 0) is 41.1 Å². The van der Waals surface area contributed by atoms with Crippen molar-refractivity contribution in [2.45, 2.75) is 19.3 Å². The van der Waals surface area contributed by atoms with Gasteiger partial charge in [0.1, 0.15) is 0 Å². The van der Waals surface area contributed by atoms with Crippen LogP contribution >= 0.6 is 0 Å². The predicted molar refractivity (Wildman–Crippen MR) is 105 cm³/mol. The van der Waals surface area contributed by atoms with Gasteiger partial charge in [0.2, 0.25) is 5.91 Å². The first-order valence-electron chi connectivity index (χ1n) is 8.95. The van der Waals surface area contributed by atoms with Crippen molar-refractivity contribution in [2.24, 2.45) is 0 Å². The zero-order chi connectivity index (χ0) is 19.9. The molecule has 0 saturated heterocycles. The molecule has 0 fully saturated rings. The van der Waals surface area contributed by atoms with Crippen LogP contribution < -0.4 is 14.4 Å². The zero-order valence-electron chi connectivity index (χ0n) is 16.2. The van der Waals surface area contributed by atoms with Crippen LogP contribution in [0.15, 0.2) is 48.5 Å². The zero-order valence-corrected chi connectivity index (χ0v) is 16.2. The summed E-state index contributed by atoms with van der Waals surface area (Å²) < 4.78 is 12.2. The number of aromatic nitrogens is 4. The molecule has 8 nitrogen and oxygen atoms in total. The molecule has 0 saturated carbocycles. The molecule has 146 valence electrons. The highest BCUT2D eigenvalue weighted by Crippen LogP contribution is 2.31. The van der Waals surface area contributed by atoms with Gasteiger partial charge in [-0.25, -0.2) is 0 Å². The van der Waals surface area contributed by atoms with E-state index in [1.54, 1.807) is 43.0 Å². The summed E-state index contributed by atoms with van der Waals surface area (Å²) in [4.78, 5) is 14.2. The Hall–Kier alpha value is -3.42. The lowest BCUT2D eigenvalue weighted by Gasteiger charge is -2.19. The van der Waals surface area contributed by atoms with Crippen molar-refractivity contribution in [2.75, 3.05) is 26.2 Å². The van der Waals surface area contributed by atoms with E-state index in [1.165, 1.54) is 0 Å². The number of anilines is 1. The smallest absolute Gasteiger partial charge is 0.226 e. The lowest BCUT2D eigenvalue weighted by molar-refractivity contribution is -0.118. The third-order valence-electron chi connectivity index (χ3n) is 4.45. The molecule has 0 aliphatic rings. The second-order valence-electron chi connectivity index (χ2n) is 6.19. The number of rotatable bonds is 8. The van der Waals surface area contributed by atoms with E-state index in [9.17, 15) is 4.79 Å². The van der Waals surface area contributed by atoms with Crippen molar-refractivity contribution in [3.8, 4) is 17.2 Å². The Labute approximate surface area is 163 Å². The quantitative estimate of drug-likeness (QED) is 0.597. The number of carbonyl (C=O) groups is 1. The number of benzene rings is 2. The average molecular weight is 381 g/mol. The maximum absolute atomic E-state index is 12.6. The summed E-state index contributed by atoms with van der Waals surface area (Å²) in [5.74, 6) is 1.94. The Kier molecular flexibility index (Phi) is 6.21. The molecule has 3 rings (SSSR count). The molecule has 0 radical (unpaired) electrons. The molecule has 1 aromatic heterocycles. The van der Waals surface area contributed by atoms with Crippen molar-refractivity contribution >= 4 is 11.6 Å². The summed E-state index contributed by atoms with van der Waals surface area (Å²) in [5.41, 5.74) is 1.65. The third-order valence-corrected chi connectivity index (χ3v) is 4.45. The Balaban J connectivity index is 1.60. The first-order valence-corrected chi connectivity index (χ1v) is 8.95. The van der Waals surface area contributed by atoms with Crippen molar-refractivity contribution in [1.82, 2.24) is 20.2 Å². The van der Waals surface area contributed by atoms with Gasteiger partial charge in [0, 0.05) is 31.6 Å². The number of amides is 1. The van der Waals surface area contributed by atoms with Crippen LogP contribution in [-0.2, 0) is 11.2 Å². The normalized spacial score (nSPS) is 10.5. The Morgan fingerprint density at radius 1 is 1.07 bits per heavy atom. The fourth-order valence-electron chi connectivity index (χ4n) is 2.87. The fourth-order valence-corrected chi connectivity index (χ4v) is 2.87. The molecule has 0 atom stereocenters. The van der Waals surface area contributed by atoms with E-state index in [2.05, 4.69) is 15.5 Å². The molecule has 0 bridgehead atoms. The maximum Gasteiger partial charge on any atom is 0.226 e.